The molecule has 0 aromatic carbocycles. The third kappa shape index (κ3) is 2.01. The molecule has 0 aliphatic carbocycles. The highest BCUT2D eigenvalue weighted by Crippen LogP contribution is 2.27. The number of rotatable bonds is 1. The molecule has 0 fully saturated rings. The summed E-state index contributed by atoms with van der Waals surface area (Å²) in [5.74, 6) is 0. The van der Waals surface area contributed by atoms with Gasteiger partial charge in [0.25, 0.3) is 0 Å². The van der Waals surface area contributed by atoms with Crippen LogP contribution >= 0.6 is 31.9 Å². The van der Waals surface area contributed by atoms with E-state index in [2.05, 4.69) is 41.8 Å². The molecular weight excluding hydrogens is 308 g/mol. The molecule has 0 spiro atoms. The highest BCUT2D eigenvalue weighted by atomic mass is 79.9. The highest BCUT2D eigenvalue weighted by Gasteiger charge is 2.04. The van der Waals surface area contributed by atoms with Crippen molar-refractivity contribution in [1.29, 1.82) is 0 Å². The van der Waals surface area contributed by atoms with E-state index in [-0.39, 0.29) is 0 Å². The zero-order valence-electron chi connectivity index (χ0n) is 7.11. The normalized spacial score (nSPS) is 10.1. The Kier molecular flexibility index (Phi) is 2.93. The molecule has 70 valence electrons. The van der Waals surface area contributed by atoms with Crippen LogP contribution in [0.4, 0.5) is 0 Å². The smallest absolute Gasteiger partial charge is 0.106 e. The average Bonchev–Trinajstić information content (AvgIpc) is 2.23. The second-order valence-corrected chi connectivity index (χ2v) is 4.37. The fraction of sp³-hybridized carbons (Fsp3) is 0. The van der Waals surface area contributed by atoms with Crippen molar-refractivity contribution >= 4 is 31.9 Å². The van der Waals surface area contributed by atoms with Crippen LogP contribution in [0.3, 0.4) is 0 Å². The van der Waals surface area contributed by atoms with Gasteiger partial charge in [0.2, 0.25) is 0 Å². The predicted octanol–water partition coefficient (Wildman–Crippen LogP) is 3.67. The fourth-order valence-electron chi connectivity index (χ4n) is 1.13. The zero-order valence-corrected chi connectivity index (χ0v) is 10.3. The van der Waals surface area contributed by atoms with Gasteiger partial charge in [0, 0.05) is 22.4 Å². The van der Waals surface area contributed by atoms with Crippen LogP contribution in [-0.2, 0) is 0 Å². The molecule has 2 rings (SSSR count). The van der Waals surface area contributed by atoms with Gasteiger partial charge in [-0.25, -0.2) is 4.98 Å². The Morgan fingerprint density at radius 3 is 2.64 bits per heavy atom. The first kappa shape index (κ1) is 9.80. The first-order valence-electron chi connectivity index (χ1n) is 4.00. The van der Waals surface area contributed by atoms with E-state index in [4.69, 9.17) is 0 Å². The topological polar surface area (TPSA) is 25.8 Å². The van der Waals surface area contributed by atoms with E-state index in [1.165, 1.54) is 0 Å². The number of halogens is 2. The van der Waals surface area contributed by atoms with Gasteiger partial charge < -0.3 is 0 Å². The summed E-state index contributed by atoms with van der Waals surface area (Å²) < 4.78 is 1.75. The number of aromatic nitrogens is 2. The van der Waals surface area contributed by atoms with E-state index in [0.29, 0.717) is 0 Å². The Morgan fingerprint density at radius 2 is 1.93 bits per heavy atom. The molecule has 0 atom stereocenters. The molecule has 0 saturated carbocycles. The minimum atomic E-state index is 0.807. The minimum Gasteiger partial charge on any atom is -0.256 e. The first-order valence-corrected chi connectivity index (χ1v) is 5.58. The molecular formula is C10H6Br2N2. The summed E-state index contributed by atoms with van der Waals surface area (Å²) >= 11 is 6.78. The van der Waals surface area contributed by atoms with Gasteiger partial charge in [0.05, 0.1) is 5.69 Å². The summed E-state index contributed by atoms with van der Waals surface area (Å²) in [5.41, 5.74) is 1.97. The quantitative estimate of drug-likeness (QED) is 0.751. The van der Waals surface area contributed by atoms with Gasteiger partial charge in [0.15, 0.2) is 0 Å². The summed E-state index contributed by atoms with van der Waals surface area (Å²) in [4.78, 5) is 8.38. The van der Waals surface area contributed by atoms with Crippen molar-refractivity contribution in [3.63, 3.8) is 0 Å². The Balaban J connectivity index is 2.57. The molecule has 2 nitrogen and oxygen atoms in total. The van der Waals surface area contributed by atoms with E-state index in [1.807, 2.05) is 24.3 Å². The van der Waals surface area contributed by atoms with E-state index in [0.717, 1.165) is 20.3 Å². The van der Waals surface area contributed by atoms with Gasteiger partial charge in [-0.05, 0) is 50.1 Å². The highest BCUT2D eigenvalue weighted by molar-refractivity contribution is 9.11. The molecule has 2 aromatic heterocycles. The van der Waals surface area contributed by atoms with E-state index < -0.39 is 0 Å². The van der Waals surface area contributed by atoms with E-state index >= 15 is 0 Å². The van der Waals surface area contributed by atoms with Crippen molar-refractivity contribution in [3.8, 4) is 11.3 Å². The maximum absolute atomic E-state index is 4.27. The summed E-state index contributed by atoms with van der Waals surface area (Å²) in [7, 11) is 0. The van der Waals surface area contributed by atoms with Crippen molar-refractivity contribution < 1.29 is 0 Å². The standard InChI is InChI=1S/C10H6Br2N2/c11-8-6-14-10(12)5-7(8)9-3-1-2-4-13-9/h1-6H. The van der Waals surface area contributed by atoms with Crippen LogP contribution < -0.4 is 0 Å². The van der Waals surface area contributed by atoms with Crippen LogP contribution in [0.5, 0.6) is 0 Å². The van der Waals surface area contributed by atoms with Gasteiger partial charge in [-0.3, -0.25) is 4.98 Å². The molecule has 0 saturated heterocycles. The van der Waals surface area contributed by atoms with E-state index in [9.17, 15) is 0 Å². The number of pyridine rings is 2. The lowest BCUT2D eigenvalue weighted by molar-refractivity contribution is 1.24. The predicted molar refractivity (Wildman–Crippen MR) is 62.9 cm³/mol. The van der Waals surface area contributed by atoms with Crippen molar-refractivity contribution in [1.82, 2.24) is 9.97 Å². The Morgan fingerprint density at radius 1 is 1.07 bits per heavy atom. The zero-order chi connectivity index (χ0) is 9.97. The summed E-state index contributed by atoms with van der Waals surface area (Å²) in [6.07, 6.45) is 3.53. The molecule has 0 radical (unpaired) electrons. The van der Waals surface area contributed by atoms with Gasteiger partial charge in [0.1, 0.15) is 4.60 Å². The second kappa shape index (κ2) is 4.19. The van der Waals surface area contributed by atoms with Crippen LogP contribution in [0.25, 0.3) is 11.3 Å². The van der Waals surface area contributed by atoms with Gasteiger partial charge in [-0.1, -0.05) is 6.07 Å². The number of nitrogens with zero attached hydrogens (tertiary/aromatic N) is 2. The molecule has 0 N–H and O–H groups in total. The van der Waals surface area contributed by atoms with Crippen LogP contribution in [0.2, 0.25) is 0 Å². The van der Waals surface area contributed by atoms with Crippen LogP contribution in [0.1, 0.15) is 0 Å². The molecule has 0 aliphatic rings. The lowest BCUT2D eigenvalue weighted by Gasteiger charge is -2.02. The van der Waals surface area contributed by atoms with Crippen LogP contribution in [0, 0.1) is 0 Å². The summed E-state index contributed by atoms with van der Waals surface area (Å²) in [5, 5.41) is 0. The molecule has 2 aromatic rings. The van der Waals surface area contributed by atoms with E-state index in [1.54, 1.807) is 12.4 Å². The summed E-state index contributed by atoms with van der Waals surface area (Å²) in [6.45, 7) is 0. The van der Waals surface area contributed by atoms with Crippen molar-refractivity contribution in [2.24, 2.45) is 0 Å². The van der Waals surface area contributed by atoms with Crippen molar-refractivity contribution in [3.05, 3.63) is 45.7 Å². The number of hydrogen-bond donors (Lipinski definition) is 0. The van der Waals surface area contributed by atoms with Gasteiger partial charge >= 0.3 is 0 Å². The monoisotopic (exact) mass is 312 g/mol. The van der Waals surface area contributed by atoms with Gasteiger partial charge in [-0.15, -0.1) is 0 Å². The molecule has 2 heterocycles. The fourth-order valence-corrected chi connectivity index (χ4v) is 1.88. The minimum absolute atomic E-state index is 0.807. The van der Waals surface area contributed by atoms with Gasteiger partial charge in [-0.2, -0.15) is 0 Å². The van der Waals surface area contributed by atoms with Crippen molar-refractivity contribution in [2.75, 3.05) is 0 Å². The number of hydrogen-bond acceptors (Lipinski definition) is 2. The summed E-state index contributed by atoms with van der Waals surface area (Å²) in [6, 6.07) is 7.76. The lowest BCUT2D eigenvalue weighted by atomic mass is 10.2. The SMILES string of the molecule is Brc1cc(-c2ccccn2)c(Br)cn1. The molecule has 0 aliphatic heterocycles. The maximum Gasteiger partial charge on any atom is 0.106 e. The Hall–Kier alpha value is -0.740. The first-order chi connectivity index (χ1) is 6.77. The second-order valence-electron chi connectivity index (χ2n) is 2.70. The molecule has 4 heteroatoms. The molecule has 0 amide bonds. The lowest BCUT2D eigenvalue weighted by Crippen LogP contribution is -1.85. The maximum atomic E-state index is 4.27. The van der Waals surface area contributed by atoms with Crippen LogP contribution in [0.15, 0.2) is 45.7 Å². The third-order valence-electron chi connectivity index (χ3n) is 1.76. The molecule has 0 bridgehead atoms. The van der Waals surface area contributed by atoms with Crippen molar-refractivity contribution in [2.45, 2.75) is 0 Å². The molecule has 0 unspecified atom stereocenters. The Bertz CT molecular complexity index is 443. The third-order valence-corrected chi connectivity index (χ3v) is 2.83. The average molecular weight is 314 g/mol. The van der Waals surface area contributed by atoms with Crippen LogP contribution in [-0.4, -0.2) is 9.97 Å². The Labute approximate surface area is 98.7 Å². The molecule has 14 heavy (non-hydrogen) atoms. The largest absolute Gasteiger partial charge is 0.256 e.